The number of piperazine rings is 1. The maximum absolute atomic E-state index is 12.9. The lowest BCUT2D eigenvalue weighted by molar-refractivity contribution is -0.134. The Hall–Kier alpha value is -2.44. The van der Waals surface area contributed by atoms with Crippen molar-refractivity contribution in [3.63, 3.8) is 0 Å². The Morgan fingerprint density at radius 3 is 2.21 bits per heavy atom. The van der Waals surface area contributed by atoms with Gasteiger partial charge >= 0.3 is 0 Å². The molecule has 1 aliphatic rings. The molecular weight excluding hydrogens is 313 g/mol. The summed E-state index contributed by atoms with van der Waals surface area (Å²) in [7, 11) is 0. The Morgan fingerprint density at radius 2 is 1.62 bits per heavy atom. The Balaban J connectivity index is 1.80. The SMILES string of the molecule is CCCC(=O)NCC(=O)N1CCN(C(=O)c2ccc(F)cc2)CC1. The molecule has 7 heteroatoms. The van der Waals surface area contributed by atoms with Gasteiger partial charge in [0.2, 0.25) is 11.8 Å². The van der Waals surface area contributed by atoms with Crippen molar-refractivity contribution in [2.75, 3.05) is 32.7 Å². The van der Waals surface area contributed by atoms with Gasteiger partial charge in [-0.2, -0.15) is 0 Å². The van der Waals surface area contributed by atoms with Crippen molar-refractivity contribution in [3.8, 4) is 0 Å². The van der Waals surface area contributed by atoms with E-state index in [9.17, 15) is 18.8 Å². The first-order chi connectivity index (χ1) is 11.5. The molecule has 2 rings (SSSR count). The highest BCUT2D eigenvalue weighted by atomic mass is 19.1. The Morgan fingerprint density at radius 1 is 1.04 bits per heavy atom. The average Bonchev–Trinajstić information content (AvgIpc) is 2.60. The molecule has 1 aromatic carbocycles. The number of nitrogens with zero attached hydrogens (tertiary/aromatic N) is 2. The maximum Gasteiger partial charge on any atom is 0.253 e. The first-order valence-electron chi connectivity index (χ1n) is 8.10. The van der Waals surface area contributed by atoms with Crippen molar-refractivity contribution in [1.82, 2.24) is 15.1 Å². The first-order valence-corrected chi connectivity index (χ1v) is 8.10. The van der Waals surface area contributed by atoms with Crippen LogP contribution in [0.25, 0.3) is 0 Å². The molecule has 1 saturated heterocycles. The number of carbonyl (C=O) groups excluding carboxylic acids is 3. The molecular formula is C17H22FN3O3. The fourth-order valence-corrected chi connectivity index (χ4v) is 2.54. The molecule has 24 heavy (non-hydrogen) atoms. The van der Waals surface area contributed by atoms with E-state index in [1.54, 1.807) is 9.80 Å². The van der Waals surface area contributed by atoms with Gasteiger partial charge in [0.25, 0.3) is 5.91 Å². The van der Waals surface area contributed by atoms with E-state index in [1.165, 1.54) is 24.3 Å². The van der Waals surface area contributed by atoms with Crippen LogP contribution >= 0.6 is 0 Å². The van der Waals surface area contributed by atoms with Gasteiger partial charge in [0.1, 0.15) is 5.82 Å². The van der Waals surface area contributed by atoms with E-state index in [1.807, 2.05) is 6.92 Å². The van der Waals surface area contributed by atoms with Gasteiger partial charge in [0, 0.05) is 38.2 Å². The van der Waals surface area contributed by atoms with Crippen LogP contribution in [0.1, 0.15) is 30.1 Å². The van der Waals surface area contributed by atoms with Gasteiger partial charge < -0.3 is 15.1 Å². The smallest absolute Gasteiger partial charge is 0.253 e. The van der Waals surface area contributed by atoms with Gasteiger partial charge in [0.15, 0.2) is 0 Å². The van der Waals surface area contributed by atoms with Crippen LogP contribution in [0.4, 0.5) is 4.39 Å². The molecule has 0 bridgehead atoms. The second kappa shape index (κ2) is 8.42. The third-order valence-corrected chi connectivity index (χ3v) is 3.92. The van der Waals surface area contributed by atoms with Gasteiger partial charge in [-0.05, 0) is 30.7 Å². The summed E-state index contributed by atoms with van der Waals surface area (Å²) in [6.45, 7) is 3.59. The molecule has 0 saturated carbocycles. The van der Waals surface area contributed by atoms with Crippen molar-refractivity contribution in [1.29, 1.82) is 0 Å². The minimum absolute atomic E-state index is 0.00918. The number of nitrogens with one attached hydrogen (secondary N) is 1. The fourth-order valence-electron chi connectivity index (χ4n) is 2.54. The van der Waals surface area contributed by atoms with Crippen molar-refractivity contribution >= 4 is 17.7 Å². The number of amides is 3. The zero-order valence-corrected chi connectivity index (χ0v) is 13.8. The summed E-state index contributed by atoms with van der Waals surface area (Å²) in [5.74, 6) is -0.824. The van der Waals surface area contributed by atoms with Gasteiger partial charge in [-0.3, -0.25) is 14.4 Å². The van der Waals surface area contributed by atoms with E-state index < -0.39 is 0 Å². The van der Waals surface area contributed by atoms with E-state index in [2.05, 4.69) is 5.32 Å². The predicted molar refractivity (Wildman–Crippen MR) is 86.8 cm³/mol. The third-order valence-electron chi connectivity index (χ3n) is 3.92. The van der Waals surface area contributed by atoms with E-state index >= 15 is 0 Å². The van der Waals surface area contributed by atoms with Crippen LogP contribution in [0.15, 0.2) is 24.3 Å². The summed E-state index contributed by atoms with van der Waals surface area (Å²) in [5.41, 5.74) is 0.433. The highest BCUT2D eigenvalue weighted by Crippen LogP contribution is 2.10. The zero-order chi connectivity index (χ0) is 17.5. The standard InChI is InChI=1S/C17H22FN3O3/c1-2-3-15(22)19-12-16(23)20-8-10-21(11-9-20)17(24)13-4-6-14(18)7-5-13/h4-7H,2-3,8-12H2,1H3,(H,19,22). The molecule has 6 nitrogen and oxygen atoms in total. The van der Waals surface area contributed by atoms with Crippen LogP contribution in [-0.2, 0) is 9.59 Å². The Bertz CT molecular complexity index is 596. The van der Waals surface area contributed by atoms with Crippen LogP contribution in [0.2, 0.25) is 0 Å². The van der Waals surface area contributed by atoms with Gasteiger partial charge in [-0.15, -0.1) is 0 Å². The molecule has 1 aliphatic heterocycles. The number of rotatable bonds is 5. The third kappa shape index (κ3) is 4.78. The molecule has 1 fully saturated rings. The normalized spacial score (nSPS) is 14.4. The average molecular weight is 335 g/mol. The lowest BCUT2D eigenvalue weighted by atomic mass is 10.2. The summed E-state index contributed by atoms with van der Waals surface area (Å²) >= 11 is 0. The fraction of sp³-hybridized carbons (Fsp3) is 0.471. The Labute approximate surface area is 140 Å². The molecule has 130 valence electrons. The monoisotopic (exact) mass is 335 g/mol. The van der Waals surface area contributed by atoms with E-state index in [4.69, 9.17) is 0 Å². The zero-order valence-electron chi connectivity index (χ0n) is 13.8. The molecule has 0 aromatic heterocycles. The molecule has 0 radical (unpaired) electrons. The minimum atomic E-state index is -0.382. The minimum Gasteiger partial charge on any atom is -0.347 e. The van der Waals surface area contributed by atoms with E-state index in [0.29, 0.717) is 38.2 Å². The number of hydrogen-bond donors (Lipinski definition) is 1. The predicted octanol–water partition coefficient (Wildman–Crippen LogP) is 1.03. The molecule has 0 atom stereocenters. The van der Waals surface area contributed by atoms with Crippen LogP contribution in [-0.4, -0.2) is 60.2 Å². The molecule has 1 heterocycles. The van der Waals surface area contributed by atoms with E-state index in [0.717, 1.165) is 6.42 Å². The van der Waals surface area contributed by atoms with Gasteiger partial charge in [-0.25, -0.2) is 4.39 Å². The maximum atomic E-state index is 12.9. The summed E-state index contributed by atoms with van der Waals surface area (Å²) in [6.07, 6.45) is 1.15. The number of hydrogen-bond acceptors (Lipinski definition) is 3. The first kappa shape index (κ1) is 17.9. The van der Waals surface area contributed by atoms with Crippen molar-refractivity contribution in [2.24, 2.45) is 0 Å². The molecule has 0 aliphatic carbocycles. The van der Waals surface area contributed by atoms with Crippen molar-refractivity contribution < 1.29 is 18.8 Å². The van der Waals surface area contributed by atoms with Crippen LogP contribution in [0.5, 0.6) is 0 Å². The highest BCUT2D eigenvalue weighted by molar-refractivity contribution is 5.94. The molecule has 0 unspecified atom stereocenters. The summed E-state index contributed by atoms with van der Waals surface area (Å²) in [4.78, 5) is 39.1. The topological polar surface area (TPSA) is 69.7 Å². The summed E-state index contributed by atoms with van der Waals surface area (Å²) in [6, 6.07) is 5.43. The Kier molecular flexibility index (Phi) is 6.28. The van der Waals surface area contributed by atoms with Crippen molar-refractivity contribution in [3.05, 3.63) is 35.6 Å². The lowest BCUT2D eigenvalue weighted by Gasteiger charge is -2.34. The van der Waals surface area contributed by atoms with Crippen LogP contribution < -0.4 is 5.32 Å². The molecule has 0 spiro atoms. The lowest BCUT2D eigenvalue weighted by Crippen LogP contribution is -2.52. The number of benzene rings is 1. The summed E-state index contributed by atoms with van der Waals surface area (Å²) in [5, 5.41) is 2.60. The number of halogens is 1. The number of carbonyl (C=O) groups is 3. The van der Waals surface area contributed by atoms with Gasteiger partial charge in [0.05, 0.1) is 6.54 Å². The van der Waals surface area contributed by atoms with Crippen LogP contribution in [0.3, 0.4) is 0 Å². The van der Waals surface area contributed by atoms with Gasteiger partial charge in [-0.1, -0.05) is 6.92 Å². The molecule has 1 aromatic rings. The molecule has 1 N–H and O–H groups in total. The largest absolute Gasteiger partial charge is 0.347 e. The molecule has 3 amide bonds. The van der Waals surface area contributed by atoms with Crippen molar-refractivity contribution in [2.45, 2.75) is 19.8 Å². The summed E-state index contributed by atoms with van der Waals surface area (Å²) < 4.78 is 12.9. The second-order valence-electron chi connectivity index (χ2n) is 5.71. The quantitative estimate of drug-likeness (QED) is 0.874. The van der Waals surface area contributed by atoms with E-state index in [-0.39, 0.29) is 30.1 Å². The second-order valence-corrected chi connectivity index (χ2v) is 5.71. The highest BCUT2D eigenvalue weighted by Gasteiger charge is 2.24. The van der Waals surface area contributed by atoms with Crippen LogP contribution in [0, 0.1) is 5.82 Å².